The summed E-state index contributed by atoms with van der Waals surface area (Å²) in [5.41, 5.74) is 1.69. The van der Waals surface area contributed by atoms with Gasteiger partial charge in [-0.15, -0.1) is 0 Å². The van der Waals surface area contributed by atoms with Crippen molar-refractivity contribution in [1.29, 1.82) is 0 Å². The highest BCUT2D eigenvalue weighted by Gasteiger charge is 2.14. The second kappa shape index (κ2) is 10.3. The van der Waals surface area contributed by atoms with Crippen LogP contribution in [0.15, 0.2) is 89.5 Å². The molecule has 0 unspecified atom stereocenters. The molecule has 3 aromatic carbocycles. The number of hydrogen-bond acceptors (Lipinski definition) is 5. The van der Waals surface area contributed by atoms with Crippen LogP contribution in [0.3, 0.4) is 0 Å². The Morgan fingerprint density at radius 1 is 0.743 bits per heavy atom. The van der Waals surface area contributed by atoms with Crippen LogP contribution in [0.5, 0.6) is 5.75 Å². The van der Waals surface area contributed by atoms with E-state index in [0.29, 0.717) is 28.4 Å². The molecule has 8 nitrogen and oxygen atoms in total. The Morgan fingerprint density at radius 2 is 1.46 bits per heavy atom. The summed E-state index contributed by atoms with van der Waals surface area (Å²) < 4.78 is 23.8. The summed E-state index contributed by atoms with van der Waals surface area (Å²) >= 11 is 0. The number of nitrogens with one attached hydrogen (secondary N) is 3. The molecule has 0 saturated carbocycles. The van der Waals surface area contributed by atoms with E-state index in [4.69, 9.17) is 9.15 Å². The van der Waals surface area contributed by atoms with Gasteiger partial charge in [-0.25, -0.2) is 4.39 Å². The van der Waals surface area contributed by atoms with E-state index in [1.807, 2.05) is 0 Å². The van der Waals surface area contributed by atoms with Crippen molar-refractivity contribution in [2.24, 2.45) is 0 Å². The number of methoxy groups -OCH3 is 1. The van der Waals surface area contributed by atoms with E-state index < -0.39 is 23.5 Å². The Hall–Kier alpha value is -4.92. The third kappa shape index (κ3) is 5.72. The third-order valence-corrected chi connectivity index (χ3v) is 4.94. The standard InChI is InChI=1S/C26H20FN3O5/c1-34-22-12-11-20(15-21(22)30-25(32)17-4-2-5-18(27)14-17)29-24(31)16-7-9-19(10-8-16)28-26(33)23-6-3-13-35-23/h2-15H,1H3,(H,28,33)(H,29,31)(H,30,32). The first kappa shape index (κ1) is 23.2. The minimum absolute atomic E-state index is 0.140. The van der Waals surface area contributed by atoms with Gasteiger partial charge in [-0.05, 0) is 72.8 Å². The zero-order chi connectivity index (χ0) is 24.8. The van der Waals surface area contributed by atoms with Crippen LogP contribution in [0.25, 0.3) is 0 Å². The van der Waals surface area contributed by atoms with Gasteiger partial charge in [0.1, 0.15) is 11.6 Å². The molecule has 3 amide bonds. The molecular formula is C26H20FN3O5. The van der Waals surface area contributed by atoms with E-state index in [0.717, 1.165) is 6.07 Å². The Bertz CT molecular complexity index is 1370. The minimum atomic E-state index is -0.530. The number of rotatable bonds is 7. The van der Waals surface area contributed by atoms with E-state index in [1.54, 1.807) is 48.5 Å². The van der Waals surface area contributed by atoms with E-state index in [9.17, 15) is 18.8 Å². The molecule has 1 aromatic heterocycles. The predicted octanol–water partition coefficient (Wildman–Crippen LogP) is 5.18. The molecule has 176 valence electrons. The Morgan fingerprint density at radius 3 is 2.14 bits per heavy atom. The molecule has 1 heterocycles. The number of halogens is 1. The van der Waals surface area contributed by atoms with Crippen LogP contribution in [0.4, 0.5) is 21.5 Å². The lowest BCUT2D eigenvalue weighted by atomic mass is 10.1. The molecule has 3 N–H and O–H groups in total. The minimum Gasteiger partial charge on any atom is -0.495 e. The number of ether oxygens (including phenoxy) is 1. The molecule has 9 heteroatoms. The van der Waals surface area contributed by atoms with Gasteiger partial charge in [-0.1, -0.05) is 6.07 Å². The fraction of sp³-hybridized carbons (Fsp3) is 0.0385. The Kier molecular flexibility index (Phi) is 6.87. The maximum atomic E-state index is 13.5. The number of carbonyl (C=O) groups excluding carboxylic acids is 3. The number of amides is 3. The van der Waals surface area contributed by atoms with Crippen molar-refractivity contribution in [2.45, 2.75) is 0 Å². The van der Waals surface area contributed by atoms with Gasteiger partial charge in [0.05, 0.1) is 19.1 Å². The fourth-order valence-electron chi connectivity index (χ4n) is 3.22. The largest absolute Gasteiger partial charge is 0.495 e. The van der Waals surface area contributed by atoms with Crippen LogP contribution in [0.1, 0.15) is 31.3 Å². The van der Waals surface area contributed by atoms with Crippen molar-refractivity contribution in [1.82, 2.24) is 0 Å². The maximum Gasteiger partial charge on any atom is 0.291 e. The second-order valence-electron chi connectivity index (χ2n) is 7.34. The number of furan rings is 1. The van der Waals surface area contributed by atoms with Crippen LogP contribution in [-0.2, 0) is 0 Å². The first-order valence-electron chi connectivity index (χ1n) is 10.4. The van der Waals surface area contributed by atoms with Gasteiger partial charge < -0.3 is 25.1 Å². The van der Waals surface area contributed by atoms with Crippen LogP contribution in [-0.4, -0.2) is 24.8 Å². The highest BCUT2D eigenvalue weighted by Crippen LogP contribution is 2.29. The second-order valence-corrected chi connectivity index (χ2v) is 7.34. The summed E-state index contributed by atoms with van der Waals surface area (Å²) in [4.78, 5) is 37.3. The molecule has 0 radical (unpaired) electrons. The van der Waals surface area contributed by atoms with Gasteiger partial charge >= 0.3 is 0 Å². The molecule has 0 fully saturated rings. The Balaban J connectivity index is 1.44. The van der Waals surface area contributed by atoms with Crippen LogP contribution >= 0.6 is 0 Å². The molecule has 0 bridgehead atoms. The van der Waals surface area contributed by atoms with Crippen molar-refractivity contribution in [3.63, 3.8) is 0 Å². The van der Waals surface area contributed by atoms with E-state index in [-0.39, 0.29) is 11.3 Å². The zero-order valence-corrected chi connectivity index (χ0v) is 18.5. The quantitative estimate of drug-likeness (QED) is 0.342. The summed E-state index contributed by atoms with van der Waals surface area (Å²) in [7, 11) is 1.44. The molecule has 4 rings (SSSR count). The molecule has 4 aromatic rings. The van der Waals surface area contributed by atoms with Crippen LogP contribution in [0, 0.1) is 5.82 Å². The van der Waals surface area contributed by atoms with E-state index in [1.165, 1.54) is 37.6 Å². The van der Waals surface area contributed by atoms with Gasteiger partial charge in [-0.2, -0.15) is 0 Å². The van der Waals surface area contributed by atoms with Gasteiger partial charge in [0.15, 0.2) is 5.76 Å². The normalized spacial score (nSPS) is 10.3. The number of anilines is 3. The lowest BCUT2D eigenvalue weighted by molar-refractivity contribution is 0.0994. The first-order valence-corrected chi connectivity index (χ1v) is 10.4. The van der Waals surface area contributed by atoms with Crippen LogP contribution in [0.2, 0.25) is 0 Å². The van der Waals surface area contributed by atoms with E-state index >= 15 is 0 Å². The van der Waals surface area contributed by atoms with Gasteiger partial charge in [0.25, 0.3) is 17.7 Å². The Labute approximate surface area is 199 Å². The van der Waals surface area contributed by atoms with Gasteiger partial charge in [-0.3, -0.25) is 14.4 Å². The molecule has 0 saturated heterocycles. The molecule has 0 aliphatic heterocycles. The molecular weight excluding hydrogens is 453 g/mol. The fourth-order valence-corrected chi connectivity index (χ4v) is 3.22. The lowest BCUT2D eigenvalue weighted by Gasteiger charge is -2.13. The van der Waals surface area contributed by atoms with Crippen molar-refractivity contribution >= 4 is 34.8 Å². The highest BCUT2D eigenvalue weighted by molar-refractivity contribution is 6.07. The summed E-state index contributed by atoms with van der Waals surface area (Å²) in [5, 5.41) is 8.09. The van der Waals surface area contributed by atoms with Crippen molar-refractivity contribution in [2.75, 3.05) is 23.1 Å². The van der Waals surface area contributed by atoms with Crippen molar-refractivity contribution in [3.8, 4) is 5.75 Å². The van der Waals surface area contributed by atoms with Gasteiger partial charge in [0, 0.05) is 22.5 Å². The third-order valence-electron chi connectivity index (χ3n) is 4.94. The molecule has 0 aliphatic carbocycles. The molecule has 0 atom stereocenters. The van der Waals surface area contributed by atoms with Gasteiger partial charge in [0.2, 0.25) is 0 Å². The SMILES string of the molecule is COc1ccc(NC(=O)c2ccc(NC(=O)c3ccco3)cc2)cc1NC(=O)c1cccc(F)c1. The highest BCUT2D eigenvalue weighted by atomic mass is 19.1. The van der Waals surface area contributed by atoms with Crippen molar-refractivity contribution < 1.29 is 27.9 Å². The zero-order valence-electron chi connectivity index (χ0n) is 18.5. The summed E-state index contributed by atoms with van der Waals surface area (Å²) in [5.74, 6) is -1.33. The average molecular weight is 473 g/mol. The topological polar surface area (TPSA) is 110 Å². The lowest BCUT2D eigenvalue weighted by Crippen LogP contribution is -2.15. The summed E-state index contributed by atoms with van der Waals surface area (Å²) in [6.07, 6.45) is 1.40. The van der Waals surface area contributed by atoms with Crippen LogP contribution < -0.4 is 20.7 Å². The number of carbonyl (C=O) groups is 3. The predicted molar refractivity (Wildman–Crippen MR) is 128 cm³/mol. The van der Waals surface area contributed by atoms with Crippen molar-refractivity contribution in [3.05, 3.63) is 108 Å². The number of hydrogen-bond donors (Lipinski definition) is 3. The first-order chi connectivity index (χ1) is 16.9. The summed E-state index contributed by atoms with van der Waals surface area (Å²) in [6.45, 7) is 0. The average Bonchev–Trinajstić information content (AvgIpc) is 3.40. The monoisotopic (exact) mass is 473 g/mol. The van der Waals surface area contributed by atoms with E-state index in [2.05, 4.69) is 16.0 Å². The molecule has 0 spiro atoms. The molecule has 0 aliphatic rings. The summed E-state index contributed by atoms with van der Waals surface area (Å²) in [6, 6.07) is 19.5. The number of benzene rings is 3. The smallest absolute Gasteiger partial charge is 0.291 e. The molecule has 35 heavy (non-hydrogen) atoms. The maximum absolute atomic E-state index is 13.5.